The van der Waals surface area contributed by atoms with Crippen LogP contribution in [0.2, 0.25) is 0 Å². The summed E-state index contributed by atoms with van der Waals surface area (Å²) in [7, 11) is 0. The van der Waals surface area contributed by atoms with E-state index >= 15 is 0 Å². The van der Waals surface area contributed by atoms with Gasteiger partial charge in [0, 0.05) is 5.54 Å². The first-order chi connectivity index (χ1) is 3.18. The summed E-state index contributed by atoms with van der Waals surface area (Å²) in [5, 5.41) is 0. The van der Waals surface area contributed by atoms with Gasteiger partial charge in [-0.2, -0.15) is 0 Å². The molecule has 0 spiro atoms. The molecule has 42 valence electrons. The number of halogens is 3. The molecule has 0 amide bonds. The molecule has 0 aliphatic rings. The van der Waals surface area contributed by atoms with E-state index in [1.54, 1.807) is 6.92 Å². The predicted octanol–water partition coefficient (Wildman–Crippen LogP) is 2.93. The highest BCUT2D eigenvalue weighted by Crippen LogP contribution is 2.13. The zero-order chi connectivity index (χ0) is 5.86. The molecule has 0 aromatic heterocycles. The average Bonchev–Trinajstić information content (AvgIpc) is 1.65. The largest absolute Gasteiger partial charge is 0.129 e. The van der Waals surface area contributed by atoms with Crippen LogP contribution in [0.3, 0.4) is 0 Å². The standard InChI is InChI=1S/C4H5Cl3/c1-3(2-5)4(6)7/h2,4H,1H3/b3-2-. The number of hydrogen-bond donors (Lipinski definition) is 0. The Morgan fingerprint density at radius 1 is 1.57 bits per heavy atom. The van der Waals surface area contributed by atoms with E-state index in [-0.39, 0.29) is 0 Å². The van der Waals surface area contributed by atoms with Crippen molar-refractivity contribution in [3.63, 3.8) is 0 Å². The third-order valence-corrected chi connectivity index (χ3v) is 1.55. The van der Waals surface area contributed by atoms with Crippen molar-refractivity contribution in [1.82, 2.24) is 0 Å². The molecular weight excluding hydrogens is 154 g/mol. The van der Waals surface area contributed by atoms with Gasteiger partial charge in [-0.1, -0.05) is 11.6 Å². The summed E-state index contributed by atoms with van der Waals surface area (Å²) < 4.78 is 0. The smallest absolute Gasteiger partial charge is 0.100 e. The predicted molar refractivity (Wildman–Crippen MR) is 35.1 cm³/mol. The van der Waals surface area contributed by atoms with E-state index in [2.05, 4.69) is 0 Å². The van der Waals surface area contributed by atoms with Crippen LogP contribution in [0.5, 0.6) is 0 Å². The lowest BCUT2D eigenvalue weighted by molar-refractivity contribution is 1.34. The van der Waals surface area contributed by atoms with Crippen LogP contribution in [0, 0.1) is 0 Å². The van der Waals surface area contributed by atoms with Gasteiger partial charge in [0.15, 0.2) is 0 Å². The molecule has 0 nitrogen and oxygen atoms in total. The molecule has 0 rings (SSSR count). The van der Waals surface area contributed by atoms with E-state index in [0.717, 1.165) is 5.57 Å². The van der Waals surface area contributed by atoms with Gasteiger partial charge in [0.25, 0.3) is 0 Å². The van der Waals surface area contributed by atoms with Gasteiger partial charge >= 0.3 is 0 Å². The topological polar surface area (TPSA) is 0 Å². The fourth-order valence-corrected chi connectivity index (χ4v) is 0.429. The Hall–Kier alpha value is 0.610. The van der Waals surface area contributed by atoms with Gasteiger partial charge in [0.2, 0.25) is 0 Å². The normalized spacial score (nSPS) is 13.0. The minimum Gasteiger partial charge on any atom is -0.100 e. The molecule has 0 saturated carbocycles. The van der Waals surface area contributed by atoms with E-state index in [1.165, 1.54) is 5.54 Å². The van der Waals surface area contributed by atoms with Gasteiger partial charge in [-0.3, -0.25) is 0 Å². The lowest BCUT2D eigenvalue weighted by atomic mass is 10.4. The zero-order valence-electron chi connectivity index (χ0n) is 3.79. The molecule has 0 N–H and O–H groups in total. The number of rotatable bonds is 1. The molecule has 0 heterocycles. The highest BCUT2D eigenvalue weighted by Gasteiger charge is 1.97. The van der Waals surface area contributed by atoms with Crippen molar-refractivity contribution in [2.24, 2.45) is 0 Å². The van der Waals surface area contributed by atoms with E-state index < -0.39 is 4.84 Å². The molecule has 7 heavy (non-hydrogen) atoms. The van der Waals surface area contributed by atoms with Crippen molar-refractivity contribution in [2.45, 2.75) is 11.8 Å². The molecule has 0 unspecified atom stereocenters. The first kappa shape index (κ1) is 7.61. The molecule has 0 fully saturated rings. The second-order valence-corrected chi connectivity index (χ2v) is 2.47. The van der Waals surface area contributed by atoms with Crippen molar-refractivity contribution in [3.05, 3.63) is 11.1 Å². The van der Waals surface area contributed by atoms with Crippen LogP contribution in [0.25, 0.3) is 0 Å². The first-order valence-electron chi connectivity index (χ1n) is 1.73. The van der Waals surface area contributed by atoms with Crippen LogP contribution in [-0.4, -0.2) is 4.84 Å². The first-order valence-corrected chi connectivity index (χ1v) is 3.04. The van der Waals surface area contributed by atoms with Gasteiger partial charge < -0.3 is 0 Å². The molecule has 0 bridgehead atoms. The van der Waals surface area contributed by atoms with E-state index in [9.17, 15) is 0 Å². The monoisotopic (exact) mass is 158 g/mol. The van der Waals surface area contributed by atoms with Gasteiger partial charge in [0.05, 0.1) is 0 Å². The number of alkyl halides is 2. The Morgan fingerprint density at radius 3 is 2.00 bits per heavy atom. The summed E-state index contributed by atoms with van der Waals surface area (Å²) in [6.45, 7) is 1.76. The Kier molecular flexibility index (Phi) is 3.91. The maximum atomic E-state index is 5.34. The Balaban J connectivity index is 3.56. The maximum Gasteiger partial charge on any atom is 0.129 e. The quantitative estimate of drug-likeness (QED) is 0.516. The lowest BCUT2D eigenvalue weighted by Gasteiger charge is -1.94. The highest BCUT2D eigenvalue weighted by molar-refractivity contribution is 6.46. The maximum absolute atomic E-state index is 5.34. The third kappa shape index (κ3) is 3.22. The Labute approximate surface area is 58.1 Å². The van der Waals surface area contributed by atoms with Crippen molar-refractivity contribution < 1.29 is 0 Å². The van der Waals surface area contributed by atoms with Crippen LogP contribution in [0.4, 0.5) is 0 Å². The van der Waals surface area contributed by atoms with E-state index in [0.29, 0.717) is 0 Å². The molecule has 0 aliphatic heterocycles. The summed E-state index contributed by atoms with van der Waals surface area (Å²) in [5.41, 5.74) is 2.13. The minimum atomic E-state index is -0.461. The van der Waals surface area contributed by atoms with E-state index in [4.69, 9.17) is 34.8 Å². The second kappa shape index (κ2) is 3.59. The zero-order valence-corrected chi connectivity index (χ0v) is 6.06. The molecule has 0 saturated heterocycles. The number of hydrogen-bond acceptors (Lipinski definition) is 0. The lowest BCUT2D eigenvalue weighted by Crippen LogP contribution is -1.84. The van der Waals surface area contributed by atoms with Crippen molar-refractivity contribution >= 4 is 34.8 Å². The fourth-order valence-electron chi connectivity index (χ4n) is 0.0476. The van der Waals surface area contributed by atoms with E-state index in [1.807, 2.05) is 0 Å². The summed E-state index contributed by atoms with van der Waals surface area (Å²) in [4.78, 5) is -0.461. The third-order valence-electron chi connectivity index (χ3n) is 0.516. The SMILES string of the molecule is C/C(=C/Cl)C(Cl)Cl. The van der Waals surface area contributed by atoms with Gasteiger partial charge in [0.1, 0.15) is 4.84 Å². The molecule has 0 aliphatic carbocycles. The van der Waals surface area contributed by atoms with Crippen LogP contribution in [0.15, 0.2) is 11.1 Å². The van der Waals surface area contributed by atoms with Crippen LogP contribution >= 0.6 is 34.8 Å². The van der Waals surface area contributed by atoms with Crippen LogP contribution < -0.4 is 0 Å². The fraction of sp³-hybridized carbons (Fsp3) is 0.500. The second-order valence-electron chi connectivity index (χ2n) is 1.15. The molecular formula is C4H5Cl3. The van der Waals surface area contributed by atoms with Crippen molar-refractivity contribution in [3.8, 4) is 0 Å². The average molecular weight is 159 g/mol. The Morgan fingerprint density at radius 2 is 2.00 bits per heavy atom. The summed E-state index contributed by atoms with van der Waals surface area (Å²) in [6.07, 6.45) is 0. The number of allylic oxidation sites excluding steroid dienone is 1. The molecule has 0 radical (unpaired) electrons. The van der Waals surface area contributed by atoms with Gasteiger partial charge in [-0.05, 0) is 12.5 Å². The van der Waals surface area contributed by atoms with Gasteiger partial charge in [-0.25, -0.2) is 0 Å². The molecule has 0 aromatic rings. The summed E-state index contributed by atoms with van der Waals surface area (Å²) in [6, 6.07) is 0. The minimum absolute atomic E-state index is 0.461. The molecule has 3 heteroatoms. The summed E-state index contributed by atoms with van der Waals surface area (Å²) in [5.74, 6) is 0. The van der Waals surface area contributed by atoms with Gasteiger partial charge in [-0.15, -0.1) is 23.2 Å². The van der Waals surface area contributed by atoms with Crippen LogP contribution in [0.1, 0.15) is 6.92 Å². The molecule has 0 atom stereocenters. The van der Waals surface area contributed by atoms with Crippen molar-refractivity contribution in [1.29, 1.82) is 0 Å². The highest BCUT2D eigenvalue weighted by atomic mass is 35.5. The van der Waals surface area contributed by atoms with Crippen molar-refractivity contribution in [2.75, 3.05) is 0 Å². The Bertz CT molecular complexity index is 75.0. The van der Waals surface area contributed by atoms with Crippen LogP contribution in [-0.2, 0) is 0 Å². The molecule has 0 aromatic carbocycles. The summed E-state index contributed by atoms with van der Waals surface area (Å²) >= 11 is 15.9.